The number of rotatable bonds is 3. The first kappa shape index (κ1) is 8.19. The minimum Gasteiger partial charge on any atom is -0.262 e. The number of H-pyrrole nitrogens is 1. The molecule has 0 bridgehead atoms. The van der Waals surface area contributed by atoms with Crippen LogP contribution in [0.5, 0.6) is 0 Å². The van der Waals surface area contributed by atoms with Crippen LogP contribution >= 0.6 is 0 Å². The van der Waals surface area contributed by atoms with Crippen molar-refractivity contribution in [1.82, 2.24) is 15.2 Å². The largest absolute Gasteiger partial charge is 0.262 e. The Kier molecular flexibility index (Phi) is 2.23. The summed E-state index contributed by atoms with van der Waals surface area (Å²) in [4.78, 5) is 3.70. The van der Waals surface area contributed by atoms with Crippen molar-refractivity contribution in [3.8, 4) is 0 Å². The van der Waals surface area contributed by atoms with Crippen molar-refractivity contribution in [2.24, 2.45) is 0 Å². The van der Waals surface area contributed by atoms with E-state index in [1.54, 1.807) is 6.92 Å². The summed E-state index contributed by atoms with van der Waals surface area (Å²) in [7, 11) is -2.98. The molecule has 0 radical (unpaired) electrons. The zero-order chi connectivity index (χ0) is 8.32. The normalized spacial score (nSPS) is 11.7. The first-order valence-electron chi connectivity index (χ1n) is 3.18. The lowest BCUT2D eigenvalue weighted by molar-refractivity contribution is 0.595. The molecule has 1 rings (SSSR count). The summed E-state index contributed by atoms with van der Waals surface area (Å²) in [6.45, 7) is 1.60. The molecule has 0 saturated carbocycles. The first-order chi connectivity index (χ1) is 5.14. The highest BCUT2D eigenvalue weighted by atomic mass is 32.2. The zero-order valence-corrected chi connectivity index (χ0v) is 6.93. The van der Waals surface area contributed by atoms with Gasteiger partial charge in [0, 0.05) is 5.75 Å². The standard InChI is InChI=1S/C5H9N3O2S/c1-2-11(9,10)3-5-6-4-7-8-5/h4H,2-3H2,1H3,(H,6,7,8). The zero-order valence-electron chi connectivity index (χ0n) is 6.11. The van der Waals surface area contributed by atoms with Crippen LogP contribution in [0.2, 0.25) is 0 Å². The van der Waals surface area contributed by atoms with Gasteiger partial charge in [-0.05, 0) is 0 Å². The van der Waals surface area contributed by atoms with Crippen molar-refractivity contribution in [1.29, 1.82) is 0 Å². The fourth-order valence-corrected chi connectivity index (χ4v) is 1.37. The third-order valence-corrected chi connectivity index (χ3v) is 2.85. The lowest BCUT2D eigenvalue weighted by Gasteiger charge is -1.94. The van der Waals surface area contributed by atoms with Crippen molar-refractivity contribution in [3.05, 3.63) is 12.2 Å². The number of hydrogen-bond acceptors (Lipinski definition) is 4. The van der Waals surface area contributed by atoms with Crippen molar-refractivity contribution >= 4 is 9.84 Å². The molecule has 0 aromatic carbocycles. The predicted molar refractivity (Wildman–Crippen MR) is 39.5 cm³/mol. The van der Waals surface area contributed by atoms with Crippen LogP contribution in [0.15, 0.2) is 6.33 Å². The molecule has 0 aliphatic heterocycles. The van der Waals surface area contributed by atoms with E-state index in [1.807, 2.05) is 0 Å². The third-order valence-electron chi connectivity index (χ3n) is 1.26. The van der Waals surface area contributed by atoms with Crippen LogP contribution < -0.4 is 0 Å². The van der Waals surface area contributed by atoms with Gasteiger partial charge in [-0.1, -0.05) is 6.92 Å². The monoisotopic (exact) mass is 175 g/mol. The van der Waals surface area contributed by atoms with Gasteiger partial charge in [0.05, 0.1) is 0 Å². The summed E-state index contributed by atoms with van der Waals surface area (Å²) in [5.74, 6) is 0.476. The highest BCUT2D eigenvalue weighted by Crippen LogP contribution is 1.97. The minimum atomic E-state index is -2.98. The molecule has 0 saturated heterocycles. The summed E-state index contributed by atoms with van der Waals surface area (Å²) in [5, 5.41) is 6.03. The van der Waals surface area contributed by atoms with E-state index in [4.69, 9.17) is 0 Å². The maximum absolute atomic E-state index is 11.0. The molecule has 0 aliphatic rings. The Hall–Kier alpha value is -0.910. The van der Waals surface area contributed by atoms with Gasteiger partial charge in [-0.2, -0.15) is 5.10 Å². The number of hydrogen-bond donors (Lipinski definition) is 1. The molecule has 1 N–H and O–H groups in total. The van der Waals surface area contributed by atoms with Crippen LogP contribution in [0.4, 0.5) is 0 Å². The Morgan fingerprint density at radius 2 is 2.36 bits per heavy atom. The number of nitrogens with zero attached hydrogens (tertiary/aromatic N) is 2. The lowest BCUT2D eigenvalue weighted by atomic mass is 10.7. The Bertz CT molecular complexity index is 302. The average molecular weight is 175 g/mol. The number of aromatic amines is 1. The van der Waals surface area contributed by atoms with E-state index in [-0.39, 0.29) is 11.5 Å². The van der Waals surface area contributed by atoms with Gasteiger partial charge in [0.15, 0.2) is 9.84 Å². The molecule has 62 valence electrons. The quantitative estimate of drug-likeness (QED) is 0.686. The molecule has 0 fully saturated rings. The van der Waals surface area contributed by atoms with E-state index in [2.05, 4.69) is 15.2 Å². The van der Waals surface area contributed by atoms with Crippen LogP contribution in [0.25, 0.3) is 0 Å². The van der Waals surface area contributed by atoms with Gasteiger partial charge in [-0.3, -0.25) is 5.10 Å². The molecule has 1 heterocycles. The number of aromatic nitrogens is 3. The molecule has 0 atom stereocenters. The van der Waals surface area contributed by atoms with E-state index in [0.29, 0.717) is 5.82 Å². The Morgan fingerprint density at radius 1 is 1.64 bits per heavy atom. The fraction of sp³-hybridized carbons (Fsp3) is 0.600. The van der Waals surface area contributed by atoms with E-state index in [1.165, 1.54) is 6.33 Å². The van der Waals surface area contributed by atoms with Crippen molar-refractivity contribution in [2.75, 3.05) is 5.75 Å². The van der Waals surface area contributed by atoms with Gasteiger partial charge < -0.3 is 0 Å². The molecule has 0 unspecified atom stereocenters. The summed E-state index contributed by atoms with van der Waals surface area (Å²) >= 11 is 0. The summed E-state index contributed by atoms with van der Waals surface area (Å²) in [6.07, 6.45) is 1.29. The Labute approximate surface area is 64.8 Å². The second kappa shape index (κ2) is 3.00. The predicted octanol–water partition coefficient (Wildman–Crippen LogP) is -0.261. The van der Waals surface area contributed by atoms with E-state index in [9.17, 15) is 8.42 Å². The van der Waals surface area contributed by atoms with Crippen LogP contribution in [0.1, 0.15) is 12.7 Å². The highest BCUT2D eigenvalue weighted by molar-refractivity contribution is 7.90. The van der Waals surface area contributed by atoms with Gasteiger partial charge in [0.1, 0.15) is 17.9 Å². The number of nitrogens with one attached hydrogen (secondary N) is 1. The van der Waals surface area contributed by atoms with Gasteiger partial charge in [0.25, 0.3) is 0 Å². The lowest BCUT2D eigenvalue weighted by Crippen LogP contribution is -2.07. The molecule has 0 amide bonds. The Morgan fingerprint density at radius 3 is 2.82 bits per heavy atom. The smallest absolute Gasteiger partial charge is 0.157 e. The molecular weight excluding hydrogens is 166 g/mol. The van der Waals surface area contributed by atoms with Gasteiger partial charge in [-0.25, -0.2) is 13.4 Å². The molecule has 1 aromatic rings. The maximum atomic E-state index is 11.0. The van der Waals surface area contributed by atoms with Crippen molar-refractivity contribution < 1.29 is 8.42 Å². The molecule has 0 aliphatic carbocycles. The fourth-order valence-electron chi connectivity index (χ4n) is 0.611. The molecule has 6 heteroatoms. The average Bonchev–Trinajstić information content (AvgIpc) is 2.39. The van der Waals surface area contributed by atoms with E-state index >= 15 is 0 Å². The van der Waals surface area contributed by atoms with Gasteiger partial charge >= 0.3 is 0 Å². The maximum Gasteiger partial charge on any atom is 0.157 e. The minimum absolute atomic E-state index is 0.0521. The molecular formula is C5H9N3O2S. The number of sulfone groups is 1. The summed E-state index contributed by atoms with van der Waals surface area (Å²) in [5.41, 5.74) is 0. The molecule has 5 nitrogen and oxygen atoms in total. The topological polar surface area (TPSA) is 75.7 Å². The second-order valence-electron chi connectivity index (χ2n) is 2.11. The first-order valence-corrected chi connectivity index (χ1v) is 5.01. The van der Waals surface area contributed by atoms with Crippen molar-refractivity contribution in [3.63, 3.8) is 0 Å². The van der Waals surface area contributed by atoms with Crippen LogP contribution in [-0.2, 0) is 15.6 Å². The van der Waals surface area contributed by atoms with E-state index < -0.39 is 9.84 Å². The van der Waals surface area contributed by atoms with Crippen LogP contribution in [0, 0.1) is 0 Å². The van der Waals surface area contributed by atoms with E-state index in [0.717, 1.165) is 0 Å². The summed E-state index contributed by atoms with van der Waals surface area (Å²) < 4.78 is 22.0. The SMILES string of the molecule is CCS(=O)(=O)Cc1ncn[nH]1. The second-order valence-corrected chi connectivity index (χ2v) is 4.46. The third kappa shape index (κ3) is 2.30. The van der Waals surface area contributed by atoms with Gasteiger partial charge in [-0.15, -0.1) is 0 Å². The molecule has 11 heavy (non-hydrogen) atoms. The summed E-state index contributed by atoms with van der Waals surface area (Å²) in [6, 6.07) is 0. The van der Waals surface area contributed by atoms with Crippen LogP contribution in [0.3, 0.4) is 0 Å². The highest BCUT2D eigenvalue weighted by Gasteiger charge is 2.09. The Balaban J connectivity index is 2.72. The molecule has 0 spiro atoms. The van der Waals surface area contributed by atoms with Gasteiger partial charge in [0.2, 0.25) is 0 Å². The van der Waals surface area contributed by atoms with Crippen molar-refractivity contribution in [2.45, 2.75) is 12.7 Å². The molecule has 1 aromatic heterocycles. The van der Waals surface area contributed by atoms with Crippen LogP contribution in [-0.4, -0.2) is 29.4 Å².